The summed E-state index contributed by atoms with van der Waals surface area (Å²) in [6.45, 7) is 6.63. The van der Waals surface area contributed by atoms with Crippen molar-refractivity contribution in [2.75, 3.05) is 19.8 Å². The first-order chi connectivity index (χ1) is 16.3. The van der Waals surface area contributed by atoms with Crippen molar-refractivity contribution in [2.24, 2.45) is 5.92 Å². The van der Waals surface area contributed by atoms with E-state index in [0.717, 1.165) is 11.3 Å². The molecule has 34 heavy (non-hydrogen) atoms. The minimum absolute atomic E-state index is 0.0239. The van der Waals surface area contributed by atoms with Crippen molar-refractivity contribution in [1.82, 2.24) is 5.32 Å². The lowest BCUT2D eigenvalue weighted by Gasteiger charge is -2.21. The predicted octanol–water partition coefficient (Wildman–Crippen LogP) is 5.55. The van der Waals surface area contributed by atoms with Crippen LogP contribution < -0.4 is 10.1 Å². The standard InChI is InChI=1S/C29H33NO4/c1-29(2,3)34-22-14-12-20(13-15-22)16-21(18-31)17-30-28(32)33-19-27-25-10-6-4-8-23(25)24-9-5-7-11-26(24)27/h4-15,21,27,31H,16-19H2,1-3H3,(H,30,32)/t21-/m0/s1. The number of carbonyl (C=O) groups is 1. The first kappa shape index (κ1) is 23.8. The van der Waals surface area contributed by atoms with Gasteiger partial charge in [0.1, 0.15) is 18.0 Å². The van der Waals surface area contributed by atoms with E-state index in [1.54, 1.807) is 0 Å². The molecule has 1 atom stereocenters. The number of alkyl carbamates (subject to hydrolysis) is 1. The monoisotopic (exact) mass is 459 g/mol. The van der Waals surface area contributed by atoms with Crippen LogP contribution in [0.4, 0.5) is 4.79 Å². The summed E-state index contributed by atoms with van der Waals surface area (Å²) in [7, 11) is 0. The van der Waals surface area contributed by atoms with Crippen LogP contribution in [0.15, 0.2) is 72.8 Å². The van der Waals surface area contributed by atoms with Crippen molar-refractivity contribution in [3.05, 3.63) is 89.5 Å². The van der Waals surface area contributed by atoms with E-state index in [2.05, 4.69) is 29.6 Å². The summed E-state index contributed by atoms with van der Waals surface area (Å²) in [4.78, 5) is 12.4. The smallest absolute Gasteiger partial charge is 0.407 e. The fourth-order valence-corrected chi connectivity index (χ4v) is 4.46. The van der Waals surface area contributed by atoms with Crippen LogP contribution in [0, 0.1) is 5.92 Å². The molecular formula is C29H33NO4. The maximum absolute atomic E-state index is 12.4. The average Bonchev–Trinajstić information content (AvgIpc) is 3.14. The van der Waals surface area contributed by atoms with Crippen molar-refractivity contribution in [1.29, 1.82) is 0 Å². The molecule has 0 bridgehead atoms. The Kier molecular flexibility index (Phi) is 7.23. The van der Waals surface area contributed by atoms with Crippen LogP contribution >= 0.6 is 0 Å². The van der Waals surface area contributed by atoms with Crippen LogP contribution in [-0.4, -0.2) is 36.6 Å². The second-order valence-corrected chi connectivity index (χ2v) is 9.82. The van der Waals surface area contributed by atoms with Crippen LogP contribution in [0.5, 0.6) is 5.75 Å². The molecule has 4 rings (SSSR count). The van der Waals surface area contributed by atoms with Crippen LogP contribution in [0.25, 0.3) is 11.1 Å². The van der Waals surface area contributed by atoms with Gasteiger partial charge in [-0.1, -0.05) is 60.7 Å². The zero-order valence-corrected chi connectivity index (χ0v) is 20.1. The first-order valence-electron chi connectivity index (χ1n) is 11.8. The lowest BCUT2D eigenvalue weighted by molar-refractivity contribution is 0.131. The van der Waals surface area contributed by atoms with E-state index in [4.69, 9.17) is 9.47 Å². The van der Waals surface area contributed by atoms with Crippen molar-refractivity contribution in [3.8, 4) is 16.9 Å². The quantitative estimate of drug-likeness (QED) is 0.463. The van der Waals surface area contributed by atoms with Gasteiger partial charge in [0, 0.05) is 25.0 Å². The first-order valence-corrected chi connectivity index (χ1v) is 11.8. The van der Waals surface area contributed by atoms with E-state index < -0.39 is 6.09 Å². The summed E-state index contributed by atoms with van der Waals surface area (Å²) in [6, 6.07) is 24.4. The fourth-order valence-electron chi connectivity index (χ4n) is 4.46. The Bertz CT molecular complexity index is 1070. The highest BCUT2D eigenvalue weighted by atomic mass is 16.5. The third-order valence-corrected chi connectivity index (χ3v) is 6.01. The lowest BCUT2D eigenvalue weighted by Crippen LogP contribution is -2.33. The Balaban J connectivity index is 1.29. The number of rotatable bonds is 8. The van der Waals surface area contributed by atoms with Crippen molar-refractivity contribution < 1.29 is 19.4 Å². The van der Waals surface area contributed by atoms with Gasteiger partial charge in [0.05, 0.1) is 0 Å². The minimum atomic E-state index is -0.464. The van der Waals surface area contributed by atoms with E-state index in [-0.39, 0.29) is 30.7 Å². The maximum atomic E-state index is 12.4. The van der Waals surface area contributed by atoms with Crippen LogP contribution in [0.3, 0.4) is 0 Å². The molecule has 0 heterocycles. The highest BCUT2D eigenvalue weighted by Crippen LogP contribution is 2.44. The van der Waals surface area contributed by atoms with Gasteiger partial charge < -0.3 is 19.9 Å². The molecule has 0 saturated carbocycles. The second kappa shape index (κ2) is 10.3. The molecule has 0 aromatic heterocycles. The second-order valence-electron chi connectivity index (χ2n) is 9.82. The van der Waals surface area contributed by atoms with Crippen LogP contribution in [0.1, 0.15) is 43.4 Å². The number of hydrogen-bond acceptors (Lipinski definition) is 4. The highest BCUT2D eigenvalue weighted by molar-refractivity contribution is 5.79. The van der Waals surface area contributed by atoms with E-state index in [1.807, 2.05) is 69.3 Å². The molecule has 0 unspecified atom stereocenters. The topological polar surface area (TPSA) is 67.8 Å². The van der Waals surface area contributed by atoms with Gasteiger partial charge in [-0.3, -0.25) is 0 Å². The van der Waals surface area contributed by atoms with Crippen molar-refractivity contribution in [2.45, 2.75) is 38.7 Å². The molecule has 0 spiro atoms. The summed E-state index contributed by atoms with van der Waals surface area (Å²) >= 11 is 0. The van der Waals surface area contributed by atoms with Gasteiger partial charge in [0.2, 0.25) is 0 Å². The van der Waals surface area contributed by atoms with Gasteiger partial charge in [0.15, 0.2) is 0 Å². The van der Waals surface area contributed by atoms with E-state index in [1.165, 1.54) is 22.3 Å². The van der Waals surface area contributed by atoms with Gasteiger partial charge in [-0.15, -0.1) is 0 Å². The molecule has 3 aromatic carbocycles. The molecule has 5 heteroatoms. The number of hydrogen-bond donors (Lipinski definition) is 2. The lowest BCUT2D eigenvalue weighted by atomic mass is 9.98. The summed E-state index contributed by atoms with van der Waals surface area (Å²) in [5, 5.41) is 12.6. The molecular weight excluding hydrogens is 426 g/mol. The fraction of sp³-hybridized carbons (Fsp3) is 0.345. The normalized spacial score (nSPS) is 13.6. The number of carbonyl (C=O) groups excluding carboxylic acids is 1. The van der Waals surface area contributed by atoms with E-state index >= 15 is 0 Å². The number of aliphatic hydroxyl groups is 1. The number of aliphatic hydroxyl groups excluding tert-OH is 1. The SMILES string of the molecule is CC(C)(C)Oc1ccc(C[C@H](CO)CNC(=O)OCC2c3ccccc3-c3ccccc32)cc1. The maximum Gasteiger partial charge on any atom is 0.407 e. The number of nitrogens with one attached hydrogen (secondary N) is 1. The summed E-state index contributed by atoms with van der Waals surface area (Å²) in [5.74, 6) is 0.740. The van der Waals surface area contributed by atoms with Gasteiger partial charge in [-0.05, 0) is 67.1 Å². The predicted molar refractivity (Wildman–Crippen MR) is 134 cm³/mol. The van der Waals surface area contributed by atoms with Crippen molar-refractivity contribution in [3.63, 3.8) is 0 Å². The Hall–Kier alpha value is -3.31. The minimum Gasteiger partial charge on any atom is -0.488 e. The zero-order chi connectivity index (χ0) is 24.1. The summed E-state index contributed by atoms with van der Waals surface area (Å²) in [6.07, 6.45) is 0.185. The van der Waals surface area contributed by atoms with Gasteiger partial charge in [-0.2, -0.15) is 0 Å². The Labute approximate surface area is 201 Å². The van der Waals surface area contributed by atoms with Gasteiger partial charge >= 0.3 is 6.09 Å². The molecule has 0 aliphatic heterocycles. The Morgan fingerprint density at radius 3 is 2.09 bits per heavy atom. The number of benzene rings is 3. The van der Waals surface area contributed by atoms with Gasteiger partial charge in [0.25, 0.3) is 0 Å². The molecule has 178 valence electrons. The number of amides is 1. The molecule has 1 aliphatic rings. The van der Waals surface area contributed by atoms with Crippen molar-refractivity contribution >= 4 is 6.09 Å². The van der Waals surface area contributed by atoms with E-state index in [9.17, 15) is 9.90 Å². The molecule has 0 saturated heterocycles. The molecule has 3 aromatic rings. The average molecular weight is 460 g/mol. The molecule has 5 nitrogen and oxygen atoms in total. The third-order valence-electron chi connectivity index (χ3n) is 6.01. The number of fused-ring (bicyclic) bond motifs is 3. The summed E-state index contributed by atoms with van der Waals surface area (Å²) < 4.78 is 11.5. The van der Waals surface area contributed by atoms with Gasteiger partial charge in [-0.25, -0.2) is 4.79 Å². The van der Waals surface area contributed by atoms with Crippen LogP contribution in [-0.2, 0) is 11.2 Å². The molecule has 1 amide bonds. The highest BCUT2D eigenvalue weighted by Gasteiger charge is 2.29. The van der Waals surface area contributed by atoms with Crippen LogP contribution in [0.2, 0.25) is 0 Å². The molecule has 2 N–H and O–H groups in total. The zero-order valence-electron chi connectivity index (χ0n) is 20.1. The largest absolute Gasteiger partial charge is 0.488 e. The Morgan fingerprint density at radius 2 is 1.53 bits per heavy atom. The summed E-state index contributed by atoms with van der Waals surface area (Å²) in [5.41, 5.74) is 5.60. The third kappa shape index (κ3) is 5.78. The number of ether oxygens (including phenoxy) is 2. The Morgan fingerprint density at radius 1 is 0.941 bits per heavy atom. The molecule has 0 fully saturated rings. The van der Waals surface area contributed by atoms with E-state index in [0.29, 0.717) is 13.0 Å². The molecule has 1 aliphatic carbocycles. The molecule has 0 radical (unpaired) electrons.